The van der Waals surface area contributed by atoms with Crippen LogP contribution in [0.25, 0.3) is 6.08 Å². The average molecular weight is 266 g/mol. The Bertz CT molecular complexity index is 427. The van der Waals surface area contributed by atoms with Crippen molar-refractivity contribution in [1.82, 2.24) is 0 Å². The van der Waals surface area contributed by atoms with Gasteiger partial charge in [-0.2, -0.15) is 0 Å². The third-order valence-electron chi connectivity index (χ3n) is 2.18. The van der Waals surface area contributed by atoms with Gasteiger partial charge in [0.1, 0.15) is 0 Å². The van der Waals surface area contributed by atoms with E-state index in [1.54, 1.807) is 14.0 Å². The summed E-state index contributed by atoms with van der Waals surface area (Å²) in [6, 6.07) is 5.77. The summed E-state index contributed by atoms with van der Waals surface area (Å²) in [5.41, 5.74) is 1.03. The van der Waals surface area contributed by atoms with Gasteiger partial charge in [0.05, 0.1) is 13.7 Å². The molecule has 0 saturated carbocycles. The minimum absolute atomic E-state index is 0.129. The van der Waals surface area contributed by atoms with Gasteiger partial charge in [0.25, 0.3) is 0 Å². The number of thioether (sulfide) groups is 1. The van der Waals surface area contributed by atoms with Crippen LogP contribution in [0.15, 0.2) is 24.3 Å². The van der Waals surface area contributed by atoms with E-state index in [0.29, 0.717) is 12.4 Å². The van der Waals surface area contributed by atoms with Gasteiger partial charge in [0, 0.05) is 12.7 Å². The number of benzene rings is 1. The molecule has 1 aromatic carbocycles. The molecule has 0 atom stereocenters. The summed E-state index contributed by atoms with van der Waals surface area (Å²) in [7, 11) is 1.62. The number of ether oxygens (including phenoxy) is 2. The molecule has 0 aromatic heterocycles. The molecule has 0 heterocycles. The van der Waals surface area contributed by atoms with Gasteiger partial charge in [0.15, 0.2) is 16.6 Å². The zero-order valence-corrected chi connectivity index (χ0v) is 11.8. The fraction of sp³-hybridized carbons (Fsp3) is 0.357. The Hall–Kier alpha value is -1.42. The van der Waals surface area contributed by atoms with Gasteiger partial charge in [-0.25, -0.2) is 0 Å². The quantitative estimate of drug-likeness (QED) is 0.790. The van der Waals surface area contributed by atoms with E-state index in [-0.39, 0.29) is 5.12 Å². The monoisotopic (exact) mass is 266 g/mol. The highest BCUT2D eigenvalue weighted by atomic mass is 32.2. The molecule has 4 heteroatoms. The first-order valence-corrected chi connectivity index (χ1v) is 6.76. The highest BCUT2D eigenvalue weighted by Gasteiger charge is 2.03. The van der Waals surface area contributed by atoms with Crippen molar-refractivity contribution >= 4 is 23.0 Å². The van der Waals surface area contributed by atoms with E-state index in [1.807, 2.05) is 37.3 Å². The van der Waals surface area contributed by atoms with Crippen LogP contribution in [0, 0.1) is 0 Å². The molecule has 0 aliphatic carbocycles. The molecule has 98 valence electrons. The van der Waals surface area contributed by atoms with Crippen LogP contribution in [-0.2, 0) is 4.79 Å². The highest BCUT2D eigenvalue weighted by molar-refractivity contribution is 8.13. The molecule has 0 bridgehead atoms. The van der Waals surface area contributed by atoms with E-state index in [1.165, 1.54) is 11.8 Å². The Morgan fingerprint density at radius 1 is 1.39 bits per heavy atom. The topological polar surface area (TPSA) is 35.5 Å². The lowest BCUT2D eigenvalue weighted by Crippen LogP contribution is -1.95. The first-order chi connectivity index (χ1) is 8.67. The molecular formula is C14H18O3S. The lowest BCUT2D eigenvalue weighted by Gasteiger charge is -2.09. The molecule has 18 heavy (non-hydrogen) atoms. The first kappa shape index (κ1) is 14.6. The van der Waals surface area contributed by atoms with E-state index in [4.69, 9.17) is 9.47 Å². The molecule has 0 unspecified atom stereocenters. The van der Waals surface area contributed by atoms with Crippen LogP contribution < -0.4 is 9.47 Å². The maximum absolute atomic E-state index is 10.8. The Labute approximate surface area is 112 Å². The molecule has 0 aliphatic rings. The summed E-state index contributed by atoms with van der Waals surface area (Å²) in [6.45, 7) is 4.12. The largest absolute Gasteiger partial charge is 0.493 e. The molecule has 1 aromatic rings. The summed E-state index contributed by atoms with van der Waals surface area (Å²) in [4.78, 5) is 10.8. The summed E-state index contributed by atoms with van der Waals surface area (Å²) >= 11 is 1.29. The molecule has 0 radical (unpaired) electrons. The van der Waals surface area contributed by atoms with Crippen LogP contribution in [0.3, 0.4) is 0 Å². The van der Waals surface area contributed by atoms with Gasteiger partial charge in [-0.3, -0.25) is 4.79 Å². The van der Waals surface area contributed by atoms with Gasteiger partial charge in [-0.1, -0.05) is 30.0 Å². The summed E-state index contributed by atoms with van der Waals surface area (Å²) in [5, 5.41) is 0.129. The summed E-state index contributed by atoms with van der Waals surface area (Å²) in [5.74, 6) is 2.15. The maximum Gasteiger partial charge on any atom is 0.186 e. The van der Waals surface area contributed by atoms with Gasteiger partial charge in [-0.05, 0) is 24.6 Å². The van der Waals surface area contributed by atoms with Gasteiger partial charge in [0.2, 0.25) is 0 Å². The molecule has 3 nitrogen and oxygen atoms in total. The number of rotatable bonds is 6. The third kappa shape index (κ3) is 4.84. The van der Waals surface area contributed by atoms with Gasteiger partial charge >= 0.3 is 0 Å². The third-order valence-corrected chi connectivity index (χ3v) is 2.95. The SMILES string of the molecule is CCOc1ccc(C=CCSC(C)=O)cc1OC. The normalized spacial score (nSPS) is 10.6. The van der Waals surface area contributed by atoms with Crippen molar-refractivity contribution in [2.45, 2.75) is 13.8 Å². The molecule has 0 amide bonds. The standard InChI is InChI=1S/C14H18O3S/c1-4-17-13-8-7-12(10-14(13)16-3)6-5-9-18-11(2)15/h5-8,10H,4,9H2,1-3H3. The fourth-order valence-corrected chi connectivity index (χ4v) is 1.84. The van der Waals surface area contributed by atoms with Crippen molar-refractivity contribution in [3.05, 3.63) is 29.8 Å². The maximum atomic E-state index is 10.8. The Balaban J connectivity index is 2.69. The van der Waals surface area contributed by atoms with Crippen molar-refractivity contribution in [1.29, 1.82) is 0 Å². The lowest BCUT2D eigenvalue weighted by atomic mass is 10.2. The van der Waals surface area contributed by atoms with Crippen LogP contribution in [-0.4, -0.2) is 24.6 Å². The van der Waals surface area contributed by atoms with Crippen molar-refractivity contribution in [2.24, 2.45) is 0 Å². The lowest BCUT2D eigenvalue weighted by molar-refractivity contribution is -0.109. The van der Waals surface area contributed by atoms with E-state index in [2.05, 4.69) is 0 Å². The van der Waals surface area contributed by atoms with Crippen LogP contribution in [0.2, 0.25) is 0 Å². The second-order valence-corrected chi connectivity index (χ2v) is 4.75. The van der Waals surface area contributed by atoms with Crippen LogP contribution >= 0.6 is 11.8 Å². The average Bonchev–Trinajstić information content (AvgIpc) is 2.36. The highest BCUT2D eigenvalue weighted by Crippen LogP contribution is 2.28. The Kier molecular flexibility index (Phi) is 6.36. The number of methoxy groups -OCH3 is 1. The molecule has 0 saturated heterocycles. The van der Waals surface area contributed by atoms with Gasteiger partial charge in [-0.15, -0.1) is 0 Å². The number of hydrogen-bond donors (Lipinski definition) is 0. The number of carbonyl (C=O) groups excluding carboxylic acids is 1. The molecule has 0 aliphatic heterocycles. The minimum atomic E-state index is 0.129. The molecule has 0 N–H and O–H groups in total. The van der Waals surface area contributed by atoms with E-state index in [0.717, 1.165) is 17.1 Å². The van der Waals surface area contributed by atoms with Crippen molar-refractivity contribution in [3.63, 3.8) is 0 Å². The summed E-state index contributed by atoms with van der Waals surface area (Å²) in [6.07, 6.45) is 3.93. The Morgan fingerprint density at radius 2 is 2.17 bits per heavy atom. The first-order valence-electron chi connectivity index (χ1n) is 5.78. The van der Waals surface area contributed by atoms with E-state index >= 15 is 0 Å². The predicted molar refractivity (Wildman–Crippen MR) is 76.3 cm³/mol. The van der Waals surface area contributed by atoms with Crippen molar-refractivity contribution < 1.29 is 14.3 Å². The van der Waals surface area contributed by atoms with E-state index in [9.17, 15) is 4.79 Å². The molecule has 0 fully saturated rings. The van der Waals surface area contributed by atoms with Crippen LogP contribution in [0.4, 0.5) is 0 Å². The second-order valence-electron chi connectivity index (χ2n) is 3.55. The van der Waals surface area contributed by atoms with Crippen molar-refractivity contribution in [3.8, 4) is 11.5 Å². The van der Waals surface area contributed by atoms with Gasteiger partial charge < -0.3 is 9.47 Å². The zero-order chi connectivity index (χ0) is 13.4. The van der Waals surface area contributed by atoms with Crippen LogP contribution in [0.5, 0.6) is 11.5 Å². The van der Waals surface area contributed by atoms with E-state index < -0.39 is 0 Å². The number of carbonyl (C=O) groups is 1. The molecular weight excluding hydrogens is 248 g/mol. The van der Waals surface area contributed by atoms with Crippen LogP contribution in [0.1, 0.15) is 19.4 Å². The summed E-state index contributed by atoms with van der Waals surface area (Å²) < 4.78 is 10.7. The number of hydrogen-bond acceptors (Lipinski definition) is 4. The Morgan fingerprint density at radius 3 is 2.78 bits per heavy atom. The fourth-order valence-electron chi connectivity index (χ4n) is 1.41. The predicted octanol–water partition coefficient (Wildman–Crippen LogP) is 3.39. The second kappa shape index (κ2) is 7.82. The molecule has 1 rings (SSSR count). The van der Waals surface area contributed by atoms with Crippen molar-refractivity contribution in [2.75, 3.05) is 19.5 Å². The molecule has 0 spiro atoms. The zero-order valence-electron chi connectivity index (χ0n) is 10.9. The smallest absolute Gasteiger partial charge is 0.186 e. The minimum Gasteiger partial charge on any atom is -0.493 e.